The van der Waals surface area contributed by atoms with Crippen molar-refractivity contribution in [3.63, 3.8) is 0 Å². The lowest BCUT2D eigenvalue weighted by molar-refractivity contribution is -0.304. The number of aliphatic hydroxyl groups excluding tert-OH is 3. The minimum absolute atomic E-state index is 0.154. The van der Waals surface area contributed by atoms with Gasteiger partial charge >= 0.3 is 0 Å². The van der Waals surface area contributed by atoms with Crippen molar-refractivity contribution in [2.45, 2.75) is 49.8 Å². The van der Waals surface area contributed by atoms with Gasteiger partial charge in [-0.15, -0.1) is 0 Å². The Morgan fingerprint density at radius 3 is 2.28 bits per heavy atom. The van der Waals surface area contributed by atoms with E-state index in [-0.39, 0.29) is 22.6 Å². The van der Waals surface area contributed by atoms with Crippen LogP contribution in [0.2, 0.25) is 0 Å². The maximum absolute atomic E-state index is 13.3. The Hall–Kier alpha value is -3.09. The van der Waals surface area contributed by atoms with Crippen LogP contribution in [0.4, 0.5) is 0 Å². The van der Waals surface area contributed by atoms with Crippen molar-refractivity contribution in [1.29, 1.82) is 0 Å². The minimum Gasteiger partial charge on any atom is -0.508 e. The van der Waals surface area contributed by atoms with Gasteiger partial charge in [-0.3, -0.25) is 4.79 Å². The molecule has 32 heavy (non-hydrogen) atoms. The largest absolute Gasteiger partial charge is 0.508 e. The molecule has 11 heteroatoms. The van der Waals surface area contributed by atoms with Crippen LogP contribution in [0.25, 0.3) is 0 Å². The molecular formula is C21H22O11. The average Bonchev–Trinajstić information content (AvgIpc) is 2.73. The molecule has 0 bridgehead atoms. The first kappa shape index (κ1) is 22.1. The van der Waals surface area contributed by atoms with E-state index in [9.17, 15) is 40.5 Å². The zero-order valence-corrected chi connectivity index (χ0v) is 16.7. The molecule has 0 spiro atoms. The fraction of sp³-hybridized carbons (Fsp3) is 0.381. The molecule has 2 aromatic rings. The van der Waals surface area contributed by atoms with Gasteiger partial charge in [-0.25, -0.2) is 0 Å². The van der Waals surface area contributed by atoms with Gasteiger partial charge in [-0.05, 0) is 24.6 Å². The SMILES string of the molecule is CC1OC(O[C@H]2C(=O)c3c(O)cc(O)cc3OC2c2ccc(O)c(O)c2)C(O)C(O)C1O. The van der Waals surface area contributed by atoms with Gasteiger partial charge in [0.15, 0.2) is 30.0 Å². The zero-order valence-electron chi connectivity index (χ0n) is 16.7. The number of aliphatic hydroxyl groups is 3. The summed E-state index contributed by atoms with van der Waals surface area (Å²) in [4.78, 5) is 13.3. The summed E-state index contributed by atoms with van der Waals surface area (Å²) in [5.41, 5.74) is -0.1000. The van der Waals surface area contributed by atoms with Crippen LogP contribution in [0.5, 0.6) is 28.7 Å². The second kappa shape index (κ2) is 8.11. The summed E-state index contributed by atoms with van der Waals surface area (Å²) in [6, 6.07) is 5.72. The van der Waals surface area contributed by atoms with Crippen molar-refractivity contribution in [2.75, 3.05) is 0 Å². The van der Waals surface area contributed by atoms with Gasteiger partial charge in [-0.1, -0.05) is 6.07 Å². The molecule has 11 nitrogen and oxygen atoms in total. The number of phenols is 4. The highest BCUT2D eigenvalue weighted by molar-refractivity contribution is 6.05. The van der Waals surface area contributed by atoms with Crippen molar-refractivity contribution in [1.82, 2.24) is 0 Å². The van der Waals surface area contributed by atoms with Crippen molar-refractivity contribution in [3.05, 3.63) is 41.5 Å². The lowest BCUT2D eigenvalue weighted by atomic mass is 9.92. The molecule has 0 amide bonds. The molecular weight excluding hydrogens is 428 g/mol. The van der Waals surface area contributed by atoms with Crippen LogP contribution >= 0.6 is 0 Å². The molecule has 0 saturated carbocycles. The van der Waals surface area contributed by atoms with Gasteiger partial charge in [-0.2, -0.15) is 0 Å². The highest BCUT2D eigenvalue weighted by Crippen LogP contribution is 2.44. The molecule has 2 aliphatic heterocycles. The predicted octanol–water partition coefficient (Wildman–Crippen LogP) is 0.0381. The smallest absolute Gasteiger partial charge is 0.203 e. The van der Waals surface area contributed by atoms with Gasteiger partial charge in [0, 0.05) is 12.1 Å². The molecule has 172 valence electrons. The molecule has 0 aromatic heterocycles. The second-order valence-electron chi connectivity index (χ2n) is 7.73. The highest BCUT2D eigenvalue weighted by Gasteiger charge is 2.48. The topological polar surface area (TPSA) is 186 Å². The van der Waals surface area contributed by atoms with E-state index < -0.39 is 65.9 Å². The molecule has 7 N–H and O–H groups in total. The summed E-state index contributed by atoms with van der Waals surface area (Å²) in [6.07, 6.45) is -10.0. The summed E-state index contributed by atoms with van der Waals surface area (Å²) in [6.45, 7) is 1.44. The van der Waals surface area contributed by atoms with Crippen molar-refractivity contribution in [2.24, 2.45) is 0 Å². The van der Waals surface area contributed by atoms with Gasteiger partial charge in [0.25, 0.3) is 0 Å². The van der Waals surface area contributed by atoms with Gasteiger partial charge in [0.1, 0.15) is 41.1 Å². The number of fused-ring (bicyclic) bond motifs is 1. The molecule has 0 radical (unpaired) electrons. The number of carbonyl (C=O) groups is 1. The van der Waals surface area contributed by atoms with Crippen LogP contribution in [-0.2, 0) is 9.47 Å². The number of hydrogen-bond acceptors (Lipinski definition) is 11. The molecule has 2 heterocycles. The molecule has 2 aromatic carbocycles. The Bertz CT molecular complexity index is 1040. The first-order chi connectivity index (χ1) is 15.1. The van der Waals surface area contributed by atoms with Crippen LogP contribution in [0.15, 0.2) is 30.3 Å². The maximum Gasteiger partial charge on any atom is 0.203 e. The van der Waals surface area contributed by atoms with Crippen LogP contribution < -0.4 is 4.74 Å². The van der Waals surface area contributed by atoms with Gasteiger partial charge in [0.2, 0.25) is 5.78 Å². The number of ketones is 1. The summed E-state index contributed by atoms with van der Waals surface area (Å²) in [7, 11) is 0. The number of hydrogen-bond donors (Lipinski definition) is 7. The molecule has 4 rings (SSSR count). The lowest BCUT2D eigenvalue weighted by Crippen LogP contribution is -2.59. The third kappa shape index (κ3) is 3.70. The predicted molar refractivity (Wildman–Crippen MR) is 104 cm³/mol. The summed E-state index contributed by atoms with van der Waals surface area (Å²) < 4.78 is 16.9. The number of benzene rings is 2. The summed E-state index contributed by atoms with van der Waals surface area (Å²) in [5.74, 6) is -2.79. The Labute approximate surface area is 181 Å². The summed E-state index contributed by atoms with van der Waals surface area (Å²) in [5, 5.41) is 69.7. The van der Waals surface area contributed by atoms with Crippen LogP contribution in [-0.4, -0.2) is 78.3 Å². The summed E-state index contributed by atoms with van der Waals surface area (Å²) >= 11 is 0. The normalized spacial score (nSPS) is 32.2. The molecule has 7 atom stereocenters. The number of aromatic hydroxyl groups is 4. The number of rotatable bonds is 3. The maximum atomic E-state index is 13.3. The van der Waals surface area contributed by atoms with Crippen LogP contribution in [0.3, 0.4) is 0 Å². The number of Topliss-reactive ketones (excluding diaryl/α,β-unsaturated/α-hetero) is 1. The second-order valence-corrected chi connectivity index (χ2v) is 7.73. The van der Waals surface area contributed by atoms with E-state index in [1.807, 2.05) is 0 Å². The molecule has 1 fully saturated rings. The minimum atomic E-state index is -1.71. The van der Waals surface area contributed by atoms with Crippen LogP contribution in [0, 0.1) is 0 Å². The molecule has 6 unspecified atom stereocenters. The highest BCUT2D eigenvalue weighted by atomic mass is 16.7. The number of phenolic OH excluding ortho intramolecular Hbond substituents is 4. The lowest BCUT2D eigenvalue weighted by Gasteiger charge is -2.42. The van der Waals surface area contributed by atoms with E-state index in [0.717, 1.165) is 18.2 Å². The Balaban J connectivity index is 1.75. The molecule has 0 aliphatic carbocycles. The first-order valence-corrected chi connectivity index (χ1v) is 9.72. The van der Waals surface area contributed by atoms with E-state index in [4.69, 9.17) is 14.2 Å². The van der Waals surface area contributed by atoms with Crippen LogP contribution in [0.1, 0.15) is 28.9 Å². The fourth-order valence-corrected chi connectivity index (χ4v) is 3.77. The Morgan fingerprint density at radius 2 is 1.59 bits per heavy atom. The van der Waals surface area contributed by atoms with Crippen molar-refractivity contribution < 1.29 is 54.8 Å². The Kier molecular flexibility index (Phi) is 5.61. The number of ether oxygens (including phenoxy) is 3. The Morgan fingerprint density at radius 1 is 0.875 bits per heavy atom. The average molecular weight is 450 g/mol. The monoisotopic (exact) mass is 450 g/mol. The fourth-order valence-electron chi connectivity index (χ4n) is 3.77. The van der Waals surface area contributed by atoms with Gasteiger partial charge < -0.3 is 50.0 Å². The van der Waals surface area contributed by atoms with E-state index in [0.29, 0.717) is 0 Å². The third-order valence-electron chi connectivity index (χ3n) is 5.52. The van der Waals surface area contributed by atoms with E-state index in [1.165, 1.54) is 19.1 Å². The van der Waals surface area contributed by atoms with E-state index in [2.05, 4.69) is 0 Å². The van der Waals surface area contributed by atoms with E-state index in [1.54, 1.807) is 0 Å². The van der Waals surface area contributed by atoms with Crippen molar-refractivity contribution in [3.8, 4) is 28.7 Å². The first-order valence-electron chi connectivity index (χ1n) is 9.72. The quantitative estimate of drug-likeness (QED) is 0.313. The van der Waals surface area contributed by atoms with E-state index >= 15 is 0 Å². The standard InChI is InChI=1S/C21H22O11/c1-7-15(26)17(28)18(29)21(30-7)32-20-16(27)14-12(25)5-9(22)6-13(14)31-19(20)8-2-3-10(23)11(24)4-8/h2-7,15,17-26,28-29H,1H3/t7?,15?,17?,18?,19?,20-,21?/m0/s1. The van der Waals surface area contributed by atoms with Gasteiger partial charge in [0.05, 0.1) is 6.10 Å². The van der Waals surface area contributed by atoms with Crippen molar-refractivity contribution >= 4 is 5.78 Å². The molecule has 1 saturated heterocycles. The molecule has 2 aliphatic rings. The number of carbonyl (C=O) groups excluding carboxylic acids is 1. The third-order valence-corrected chi connectivity index (χ3v) is 5.52. The zero-order chi connectivity index (χ0) is 23.3.